The molecule has 1 aromatic heterocycles. The van der Waals surface area contributed by atoms with Crippen LogP contribution in [-0.2, 0) is 13.1 Å². The topological polar surface area (TPSA) is 54.2 Å². The van der Waals surface area contributed by atoms with E-state index >= 15 is 0 Å². The minimum Gasteiger partial charge on any atom is -0.352 e. The number of nitrogens with one attached hydrogen (secondary N) is 2. The van der Waals surface area contributed by atoms with Gasteiger partial charge in [0.05, 0.1) is 11.4 Å². The molecule has 6 heteroatoms. The van der Waals surface area contributed by atoms with Gasteiger partial charge in [-0.1, -0.05) is 41.9 Å². The van der Waals surface area contributed by atoms with Crippen molar-refractivity contribution in [1.29, 1.82) is 0 Å². The summed E-state index contributed by atoms with van der Waals surface area (Å²) in [4.78, 5) is 4.30. The fraction of sp³-hybridized carbons (Fsp3) is 0.238. The number of aliphatic imine (C=N–C) groups is 1. The summed E-state index contributed by atoms with van der Waals surface area (Å²) in [7, 11) is 1.77. The zero-order chi connectivity index (χ0) is 19.2. The number of hydrogen-bond donors (Lipinski definition) is 2. The summed E-state index contributed by atoms with van der Waals surface area (Å²) in [6, 6.07) is 17.9. The minimum atomic E-state index is 0.658. The van der Waals surface area contributed by atoms with Crippen LogP contribution in [0.4, 0.5) is 0 Å². The van der Waals surface area contributed by atoms with Gasteiger partial charge in [0, 0.05) is 36.4 Å². The number of halogens is 1. The molecule has 0 aliphatic rings. The second kappa shape index (κ2) is 8.73. The van der Waals surface area contributed by atoms with Crippen LogP contribution in [0, 0.1) is 13.8 Å². The summed E-state index contributed by atoms with van der Waals surface area (Å²) in [6.45, 7) is 5.46. The molecule has 2 N–H and O–H groups in total. The van der Waals surface area contributed by atoms with Crippen LogP contribution < -0.4 is 10.6 Å². The molecule has 0 bridgehead atoms. The molecular weight excluding hydrogens is 358 g/mol. The highest BCUT2D eigenvalue weighted by Gasteiger charge is 2.13. The van der Waals surface area contributed by atoms with E-state index in [0.717, 1.165) is 33.6 Å². The van der Waals surface area contributed by atoms with Gasteiger partial charge >= 0.3 is 0 Å². The minimum absolute atomic E-state index is 0.658. The molecule has 27 heavy (non-hydrogen) atoms. The van der Waals surface area contributed by atoms with Gasteiger partial charge in [-0.05, 0) is 43.7 Å². The molecule has 0 fully saturated rings. The Kier molecular flexibility index (Phi) is 6.14. The average molecular weight is 382 g/mol. The number of nitrogens with zero attached hydrogens (tertiary/aromatic N) is 3. The smallest absolute Gasteiger partial charge is 0.191 e. The number of guanidine groups is 1. The highest BCUT2D eigenvalue weighted by Crippen LogP contribution is 2.17. The molecule has 0 radical (unpaired) electrons. The summed E-state index contributed by atoms with van der Waals surface area (Å²) in [5, 5.41) is 12.1. The number of aryl methyl sites for hydroxylation is 1. The predicted octanol–water partition coefficient (Wildman–Crippen LogP) is 4.01. The Morgan fingerprint density at radius 1 is 1.00 bits per heavy atom. The summed E-state index contributed by atoms with van der Waals surface area (Å²) in [6.07, 6.45) is 0. The van der Waals surface area contributed by atoms with Crippen molar-refractivity contribution in [3.8, 4) is 5.69 Å². The second-order valence-corrected chi connectivity index (χ2v) is 6.74. The number of aromatic nitrogens is 2. The van der Waals surface area contributed by atoms with Crippen molar-refractivity contribution in [3.05, 3.63) is 82.1 Å². The third-order valence-electron chi connectivity index (χ3n) is 4.47. The maximum absolute atomic E-state index is 5.93. The molecule has 140 valence electrons. The molecule has 0 spiro atoms. The molecule has 0 aliphatic heterocycles. The number of para-hydroxylation sites is 1. The maximum atomic E-state index is 5.93. The lowest BCUT2D eigenvalue weighted by Crippen LogP contribution is -2.36. The van der Waals surface area contributed by atoms with Crippen LogP contribution in [0.25, 0.3) is 5.69 Å². The zero-order valence-corrected chi connectivity index (χ0v) is 16.6. The molecule has 1 heterocycles. The first-order valence-electron chi connectivity index (χ1n) is 8.88. The van der Waals surface area contributed by atoms with E-state index in [4.69, 9.17) is 11.6 Å². The number of hydrogen-bond acceptors (Lipinski definition) is 2. The summed E-state index contributed by atoms with van der Waals surface area (Å²) in [5.74, 6) is 0.746. The molecule has 0 saturated heterocycles. The fourth-order valence-electron chi connectivity index (χ4n) is 2.93. The lowest BCUT2D eigenvalue weighted by molar-refractivity contribution is 0.800. The number of rotatable bonds is 5. The standard InChI is InChI=1S/C21H24ClN5/c1-15-20(16(2)27(26-15)19-7-5-4-6-8-19)14-25-21(23-3)24-13-17-9-11-18(22)12-10-17/h4-12H,13-14H2,1-3H3,(H2,23,24,25). The summed E-state index contributed by atoms with van der Waals surface area (Å²) >= 11 is 5.93. The number of benzene rings is 2. The van der Waals surface area contributed by atoms with E-state index < -0.39 is 0 Å². The molecule has 0 unspecified atom stereocenters. The molecule has 5 nitrogen and oxygen atoms in total. The monoisotopic (exact) mass is 381 g/mol. The lowest BCUT2D eigenvalue weighted by atomic mass is 10.2. The Morgan fingerprint density at radius 3 is 2.33 bits per heavy atom. The molecule has 0 amide bonds. The summed E-state index contributed by atoms with van der Waals surface area (Å²) in [5.41, 5.74) is 5.52. The quantitative estimate of drug-likeness (QED) is 0.518. The van der Waals surface area contributed by atoms with Crippen LogP contribution in [0.3, 0.4) is 0 Å². The van der Waals surface area contributed by atoms with Crippen molar-refractivity contribution in [3.63, 3.8) is 0 Å². The van der Waals surface area contributed by atoms with Crippen molar-refractivity contribution < 1.29 is 0 Å². The van der Waals surface area contributed by atoms with Crippen LogP contribution in [-0.4, -0.2) is 22.8 Å². The van der Waals surface area contributed by atoms with Crippen molar-refractivity contribution in [1.82, 2.24) is 20.4 Å². The molecular formula is C21H24ClN5. The second-order valence-electron chi connectivity index (χ2n) is 6.30. The Bertz CT molecular complexity index is 914. The van der Waals surface area contributed by atoms with Gasteiger partial charge in [-0.3, -0.25) is 4.99 Å². The van der Waals surface area contributed by atoms with Gasteiger partial charge in [0.2, 0.25) is 0 Å². The van der Waals surface area contributed by atoms with Crippen molar-refractivity contribution in [2.75, 3.05) is 7.05 Å². The van der Waals surface area contributed by atoms with Crippen LogP contribution in [0.5, 0.6) is 0 Å². The lowest BCUT2D eigenvalue weighted by Gasteiger charge is -2.12. The third kappa shape index (κ3) is 4.68. The Hall–Kier alpha value is -2.79. The largest absolute Gasteiger partial charge is 0.352 e. The maximum Gasteiger partial charge on any atom is 0.191 e. The van der Waals surface area contributed by atoms with E-state index in [1.54, 1.807) is 7.05 Å². The molecule has 0 saturated carbocycles. The SMILES string of the molecule is CN=C(NCc1ccc(Cl)cc1)NCc1c(C)nn(-c2ccccc2)c1C. The van der Waals surface area contributed by atoms with Gasteiger partial charge in [0.25, 0.3) is 0 Å². The molecule has 0 atom stereocenters. The Morgan fingerprint density at radius 2 is 1.67 bits per heavy atom. The highest BCUT2D eigenvalue weighted by atomic mass is 35.5. The third-order valence-corrected chi connectivity index (χ3v) is 4.72. The highest BCUT2D eigenvalue weighted by molar-refractivity contribution is 6.30. The van der Waals surface area contributed by atoms with E-state index in [0.29, 0.717) is 13.1 Å². The average Bonchev–Trinajstić information content (AvgIpc) is 2.98. The normalized spacial score (nSPS) is 11.5. The predicted molar refractivity (Wildman–Crippen MR) is 112 cm³/mol. The van der Waals surface area contributed by atoms with Gasteiger partial charge in [0.1, 0.15) is 0 Å². The Balaban J connectivity index is 1.65. The van der Waals surface area contributed by atoms with E-state index in [2.05, 4.69) is 39.8 Å². The Labute approximate surface area is 165 Å². The van der Waals surface area contributed by atoms with Crippen molar-refractivity contribution in [2.24, 2.45) is 4.99 Å². The van der Waals surface area contributed by atoms with Gasteiger partial charge in [-0.2, -0.15) is 5.10 Å². The zero-order valence-electron chi connectivity index (χ0n) is 15.8. The van der Waals surface area contributed by atoms with Crippen LogP contribution in [0.15, 0.2) is 59.6 Å². The fourth-order valence-corrected chi connectivity index (χ4v) is 3.06. The molecule has 3 aromatic rings. The first kappa shape index (κ1) is 19.0. The van der Waals surface area contributed by atoms with Gasteiger partial charge < -0.3 is 10.6 Å². The first-order valence-corrected chi connectivity index (χ1v) is 9.25. The van der Waals surface area contributed by atoms with E-state index in [1.807, 2.05) is 54.1 Å². The van der Waals surface area contributed by atoms with Crippen molar-refractivity contribution >= 4 is 17.6 Å². The van der Waals surface area contributed by atoms with Crippen LogP contribution >= 0.6 is 11.6 Å². The van der Waals surface area contributed by atoms with E-state index in [-0.39, 0.29) is 0 Å². The van der Waals surface area contributed by atoms with E-state index in [1.165, 1.54) is 5.56 Å². The van der Waals surface area contributed by atoms with Crippen molar-refractivity contribution in [2.45, 2.75) is 26.9 Å². The molecule has 3 rings (SSSR count). The van der Waals surface area contributed by atoms with Gasteiger partial charge in [-0.15, -0.1) is 0 Å². The summed E-state index contributed by atoms with van der Waals surface area (Å²) < 4.78 is 1.98. The van der Waals surface area contributed by atoms with Crippen LogP contribution in [0.1, 0.15) is 22.5 Å². The molecule has 0 aliphatic carbocycles. The molecule has 2 aromatic carbocycles. The van der Waals surface area contributed by atoms with E-state index in [9.17, 15) is 0 Å². The van der Waals surface area contributed by atoms with Gasteiger partial charge in [0.15, 0.2) is 5.96 Å². The van der Waals surface area contributed by atoms with Gasteiger partial charge in [-0.25, -0.2) is 4.68 Å². The van der Waals surface area contributed by atoms with Crippen LogP contribution in [0.2, 0.25) is 5.02 Å². The first-order chi connectivity index (χ1) is 13.1.